The molecule has 0 radical (unpaired) electrons. The van der Waals surface area contributed by atoms with Gasteiger partial charge in [-0.1, -0.05) is 32.4 Å². The molecule has 0 atom stereocenters. The quantitative estimate of drug-likeness (QED) is 0.630. The van der Waals surface area contributed by atoms with Gasteiger partial charge in [0.15, 0.2) is 0 Å². The van der Waals surface area contributed by atoms with Crippen LogP contribution in [0.5, 0.6) is 5.75 Å². The van der Waals surface area contributed by atoms with E-state index >= 15 is 0 Å². The Balaban J connectivity index is 2.53. The lowest BCUT2D eigenvalue weighted by Gasteiger charge is -2.21. The monoisotopic (exact) mass is 278 g/mol. The van der Waals surface area contributed by atoms with Crippen LogP contribution < -0.4 is 10.5 Å². The smallest absolute Gasteiger partial charge is 0.119 e. The van der Waals surface area contributed by atoms with Gasteiger partial charge < -0.3 is 10.5 Å². The molecule has 0 heterocycles. The Labute approximate surface area is 124 Å². The molecular weight excluding hydrogens is 248 g/mol. The molecule has 3 nitrogen and oxygen atoms in total. The second-order valence-electron chi connectivity index (χ2n) is 5.27. The van der Waals surface area contributed by atoms with Crippen molar-refractivity contribution in [2.75, 3.05) is 26.2 Å². The summed E-state index contributed by atoms with van der Waals surface area (Å²) in [6.07, 6.45) is 4.63. The highest BCUT2D eigenvalue weighted by Gasteiger charge is 2.05. The van der Waals surface area contributed by atoms with Crippen molar-refractivity contribution < 1.29 is 4.74 Å². The predicted octanol–water partition coefficient (Wildman–Crippen LogP) is 3.43. The van der Waals surface area contributed by atoms with Gasteiger partial charge in [-0.25, -0.2) is 0 Å². The molecule has 0 aliphatic rings. The van der Waals surface area contributed by atoms with Crippen molar-refractivity contribution in [2.24, 2.45) is 5.73 Å². The van der Waals surface area contributed by atoms with Gasteiger partial charge in [-0.15, -0.1) is 0 Å². The molecule has 0 aromatic heterocycles. The summed E-state index contributed by atoms with van der Waals surface area (Å²) in [6, 6.07) is 8.45. The minimum Gasteiger partial charge on any atom is -0.494 e. The van der Waals surface area contributed by atoms with Crippen molar-refractivity contribution in [3.63, 3.8) is 0 Å². The van der Waals surface area contributed by atoms with Crippen LogP contribution in [-0.4, -0.2) is 31.1 Å². The molecule has 0 bridgehead atoms. The van der Waals surface area contributed by atoms with Crippen molar-refractivity contribution in [3.05, 3.63) is 29.8 Å². The van der Waals surface area contributed by atoms with E-state index in [9.17, 15) is 0 Å². The molecule has 0 amide bonds. The maximum atomic E-state index is 5.71. The van der Waals surface area contributed by atoms with Crippen LogP contribution in [0, 0.1) is 0 Å². The Bertz CT molecular complexity index is 355. The molecular formula is C17H30N2O. The maximum absolute atomic E-state index is 5.71. The molecule has 0 fully saturated rings. The Morgan fingerprint density at radius 2 is 1.95 bits per heavy atom. The zero-order chi connectivity index (χ0) is 14.6. The van der Waals surface area contributed by atoms with Gasteiger partial charge in [0.25, 0.3) is 0 Å². The molecule has 0 aliphatic carbocycles. The number of rotatable bonds is 11. The third-order valence-electron chi connectivity index (χ3n) is 3.29. The molecule has 0 aliphatic heterocycles. The summed E-state index contributed by atoms with van der Waals surface area (Å²) in [5, 5.41) is 0. The highest BCUT2D eigenvalue weighted by atomic mass is 16.5. The third kappa shape index (κ3) is 6.92. The maximum Gasteiger partial charge on any atom is 0.119 e. The summed E-state index contributed by atoms with van der Waals surface area (Å²) in [4.78, 5) is 2.53. The van der Waals surface area contributed by atoms with Crippen LogP contribution >= 0.6 is 0 Å². The SMILES string of the molecule is CCCCN(CCC)Cc1cccc(OCCCN)c1. The molecule has 114 valence electrons. The lowest BCUT2D eigenvalue weighted by molar-refractivity contribution is 0.260. The van der Waals surface area contributed by atoms with Crippen LogP contribution in [0.25, 0.3) is 0 Å². The molecule has 1 rings (SSSR count). The van der Waals surface area contributed by atoms with Crippen LogP contribution in [0.3, 0.4) is 0 Å². The van der Waals surface area contributed by atoms with Gasteiger partial charge >= 0.3 is 0 Å². The van der Waals surface area contributed by atoms with Gasteiger partial charge in [-0.3, -0.25) is 4.90 Å². The number of unbranched alkanes of at least 4 members (excludes halogenated alkanes) is 1. The molecule has 1 aromatic rings. The van der Waals surface area contributed by atoms with Crippen molar-refractivity contribution in [1.82, 2.24) is 4.90 Å². The Kier molecular flexibility index (Phi) is 9.09. The first-order chi connectivity index (χ1) is 9.80. The van der Waals surface area contributed by atoms with Crippen molar-refractivity contribution in [2.45, 2.75) is 46.1 Å². The Morgan fingerprint density at radius 1 is 1.10 bits per heavy atom. The molecule has 3 heteroatoms. The summed E-state index contributed by atoms with van der Waals surface area (Å²) >= 11 is 0. The van der Waals surface area contributed by atoms with E-state index in [2.05, 4.69) is 36.9 Å². The Morgan fingerprint density at radius 3 is 2.65 bits per heavy atom. The van der Waals surface area contributed by atoms with Crippen LogP contribution in [-0.2, 0) is 6.54 Å². The Hall–Kier alpha value is -1.06. The molecule has 1 aromatic carbocycles. The number of nitrogens with zero attached hydrogens (tertiary/aromatic N) is 1. The van der Waals surface area contributed by atoms with E-state index in [0.29, 0.717) is 13.2 Å². The molecule has 0 spiro atoms. The number of hydrogen-bond acceptors (Lipinski definition) is 3. The van der Waals surface area contributed by atoms with E-state index in [4.69, 9.17) is 10.5 Å². The summed E-state index contributed by atoms with van der Waals surface area (Å²) in [5.41, 5.74) is 6.81. The second-order valence-corrected chi connectivity index (χ2v) is 5.27. The fourth-order valence-corrected chi connectivity index (χ4v) is 2.23. The topological polar surface area (TPSA) is 38.5 Å². The van der Waals surface area contributed by atoms with E-state index in [1.807, 2.05) is 6.07 Å². The molecule has 20 heavy (non-hydrogen) atoms. The zero-order valence-electron chi connectivity index (χ0n) is 13.1. The van der Waals surface area contributed by atoms with Gasteiger partial charge in [0.2, 0.25) is 0 Å². The molecule has 0 unspecified atom stereocenters. The average Bonchev–Trinajstić information content (AvgIpc) is 2.46. The number of ether oxygens (including phenoxy) is 1. The van der Waals surface area contributed by atoms with Crippen molar-refractivity contribution in [3.8, 4) is 5.75 Å². The first-order valence-corrected chi connectivity index (χ1v) is 7.94. The van der Waals surface area contributed by atoms with E-state index in [-0.39, 0.29) is 0 Å². The van der Waals surface area contributed by atoms with E-state index in [1.54, 1.807) is 0 Å². The van der Waals surface area contributed by atoms with E-state index in [1.165, 1.54) is 31.4 Å². The fraction of sp³-hybridized carbons (Fsp3) is 0.647. The summed E-state index contributed by atoms with van der Waals surface area (Å²) in [6.45, 7) is 9.24. The lowest BCUT2D eigenvalue weighted by Crippen LogP contribution is -2.25. The zero-order valence-corrected chi connectivity index (χ0v) is 13.1. The third-order valence-corrected chi connectivity index (χ3v) is 3.29. The first kappa shape index (κ1) is 17.0. The summed E-state index contributed by atoms with van der Waals surface area (Å²) in [5.74, 6) is 0.961. The van der Waals surface area contributed by atoms with E-state index < -0.39 is 0 Å². The van der Waals surface area contributed by atoms with Gasteiger partial charge in [0, 0.05) is 6.54 Å². The van der Waals surface area contributed by atoms with Crippen LogP contribution in [0.2, 0.25) is 0 Å². The summed E-state index contributed by atoms with van der Waals surface area (Å²) < 4.78 is 5.71. The van der Waals surface area contributed by atoms with Gasteiger partial charge in [0.05, 0.1) is 6.61 Å². The van der Waals surface area contributed by atoms with Crippen LogP contribution in [0.4, 0.5) is 0 Å². The minimum atomic E-state index is 0.682. The van der Waals surface area contributed by atoms with Gasteiger partial charge in [0.1, 0.15) is 5.75 Å². The molecule has 0 saturated heterocycles. The first-order valence-electron chi connectivity index (χ1n) is 7.94. The predicted molar refractivity (Wildman–Crippen MR) is 86.1 cm³/mol. The fourth-order valence-electron chi connectivity index (χ4n) is 2.23. The van der Waals surface area contributed by atoms with Crippen molar-refractivity contribution in [1.29, 1.82) is 0 Å². The number of nitrogens with two attached hydrogens (primary N) is 1. The molecule has 2 N–H and O–H groups in total. The number of benzene rings is 1. The van der Waals surface area contributed by atoms with E-state index in [0.717, 1.165) is 25.3 Å². The highest BCUT2D eigenvalue weighted by molar-refractivity contribution is 5.28. The van der Waals surface area contributed by atoms with Crippen LogP contribution in [0.15, 0.2) is 24.3 Å². The second kappa shape index (κ2) is 10.7. The summed E-state index contributed by atoms with van der Waals surface area (Å²) in [7, 11) is 0. The largest absolute Gasteiger partial charge is 0.494 e. The molecule has 0 saturated carbocycles. The average molecular weight is 278 g/mol. The number of hydrogen-bond donors (Lipinski definition) is 1. The van der Waals surface area contributed by atoms with Crippen molar-refractivity contribution >= 4 is 0 Å². The van der Waals surface area contributed by atoms with Gasteiger partial charge in [-0.2, -0.15) is 0 Å². The normalized spacial score (nSPS) is 11.0. The highest BCUT2D eigenvalue weighted by Crippen LogP contribution is 2.15. The van der Waals surface area contributed by atoms with Crippen LogP contribution in [0.1, 0.15) is 45.1 Å². The standard InChI is InChI=1S/C17H30N2O/c1-3-5-12-19(11-4-2)15-16-8-6-9-17(14-16)20-13-7-10-18/h6,8-9,14H,3-5,7,10-13,15,18H2,1-2H3. The minimum absolute atomic E-state index is 0.682. The van der Waals surface area contributed by atoms with Gasteiger partial charge in [-0.05, 0) is 56.6 Å². The lowest BCUT2D eigenvalue weighted by atomic mass is 10.2.